The van der Waals surface area contributed by atoms with Crippen LogP contribution in [-0.4, -0.2) is 49.1 Å². The second-order valence-electron chi connectivity index (χ2n) is 7.79. The average Bonchev–Trinajstić information content (AvgIpc) is 2.68. The number of nitrogens with zero attached hydrogens (tertiary/aromatic N) is 2. The van der Waals surface area contributed by atoms with E-state index in [2.05, 4.69) is 17.1 Å². The summed E-state index contributed by atoms with van der Waals surface area (Å²) in [7, 11) is 0. The van der Waals surface area contributed by atoms with Gasteiger partial charge in [0.25, 0.3) is 0 Å². The minimum absolute atomic E-state index is 0.0330. The molecule has 2 heterocycles. The third-order valence-electron chi connectivity index (χ3n) is 5.61. The molecule has 28 heavy (non-hydrogen) atoms. The number of benzene rings is 1. The van der Waals surface area contributed by atoms with Gasteiger partial charge in [-0.05, 0) is 55.9 Å². The van der Waals surface area contributed by atoms with Crippen molar-refractivity contribution in [1.29, 1.82) is 0 Å². The zero-order valence-corrected chi connectivity index (χ0v) is 16.0. The standard InChI is InChI=1S/C20H26F3N3O2/c1-14-8-11-25(12-9-14)17-6-4-16(5-7-17)24-18(27)15-3-2-10-26(13-15)19(28)20(21,22)23/h4-7,14-15H,2-3,8-13H2,1H3,(H,24,27). The molecule has 3 rings (SSSR count). The van der Waals surface area contributed by atoms with E-state index < -0.39 is 18.0 Å². The van der Waals surface area contributed by atoms with Crippen molar-refractivity contribution in [3.8, 4) is 0 Å². The molecule has 8 heteroatoms. The lowest BCUT2D eigenvalue weighted by Crippen LogP contribution is -2.48. The summed E-state index contributed by atoms with van der Waals surface area (Å²) in [5.74, 6) is -2.11. The fourth-order valence-electron chi connectivity index (χ4n) is 3.82. The van der Waals surface area contributed by atoms with Gasteiger partial charge < -0.3 is 15.1 Å². The molecule has 1 unspecified atom stereocenters. The topological polar surface area (TPSA) is 52.7 Å². The van der Waals surface area contributed by atoms with Gasteiger partial charge >= 0.3 is 12.1 Å². The van der Waals surface area contributed by atoms with Crippen LogP contribution in [0, 0.1) is 11.8 Å². The van der Waals surface area contributed by atoms with E-state index in [0.29, 0.717) is 18.5 Å². The number of rotatable bonds is 3. The maximum atomic E-state index is 12.6. The number of carbonyl (C=O) groups is 2. The summed E-state index contributed by atoms with van der Waals surface area (Å²) in [6, 6.07) is 7.53. The second-order valence-corrected chi connectivity index (χ2v) is 7.79. The fraction of sp³-hybridized carbons (Fsp3) is 0.600. The monoisotopic (exact) mass is 397 g/mol. The number of alkyl halides is 3. The van der Waals surface area contributed by atoms with Crippen molar-refractivity contribution < 1.29 is 22.8 Å². The van der Waals surface area contributed by atoms with Gasteiger partial charge in [0, 0.05) is 37.6 Å². The van der Waals surface area contributed by atoms with Crippen LogP contribution >= 0.6 is 0 Å². The molecule has 1 atom stereocenters. The van der Waals surface area contributed by atoms with E-state index in [0.717, 1.165) is 42.4 Å². The Morgan fingerprint density at radius 3 is 2.29 bits per heavy atom. The molecular formula is C20H26F3N3O2. The number of amides is 2. The summed E-state index contributed by atoms with van der Waals surface area (Å²) in [5, 5.41) is 2.77. The van der Waals surface area contributed by atoms with E-state index in [9.17, 15) is 22.8 Å². The van der Waals surface area contributed by atoms with Crippen molar-refractivity contribution in [2.45, 2.75) is 38.8 Å². The number of nitrogens with one attached hydrogen (secondary N) is 1. The van der Waals surface area contributed by atoms with Crippen molar-refractivity contribution in [3.05, 3.63) is 24.3 Å². The van der Waals surface area contributed by atoms with E-state index in [4.69, 9.17) is 0 Å². The van der Waals surface area contributed by atoms with Crippen molar-refractivity contribution in [3.63, 3.8) is 0 Å². The highest BCUT2D eigenvalue weighted by molar-refractivity contribution is 5.93. The third-order valence-corrected chi connectivity index (χ3v) is 5.61. The van der Waals surface area contributed by atoms with E-state index in [-0.39, 0.29) is 19.0 Å². The van der Waals surface area contributed by atoms with E-state index in [1.54, 1.807) is 0 Å². The lowest BCUT2D eigenvalue weighted by atomic mass is 9.97. The minimum atomic E-state index is -4.90. The van der Waals surface area contributed by atoms with Gasteiger partial charge in [-0.25, -0.2) is 0 Å². The Labute approximate surface area is 162 Å². The van der Waals surface area contributed by atoms with Crippen LogP contribution in [0.1, 0.15) is 32.6 Å². The maximum Gasteiger partial charge on any atom is 0.471 e. The molecule has 0 aromatic heterocycles. The van der Waals surface area contributed by atoms with Crippen molar-refractivity contribution in [2.75, 3.05) is 36.4 Å². The number of hydrogen-bond donors (Lipinski definition) is 1. The lowest BCUT2D eigenvalue weighted by Gasteiger charge is -2.33. The molecule has 1 aromatic carbocycles. The Kier molecular flexibility index (Phi) is 6.15. The van der Waals surface area contributed by atoms with Gasteiger partial charge in [0.2, 0.25) is 5.91 Å². The van der Waals surface area contributed by atoms with Crippen LogP contribution in [0.25, 0.3) is 0 Å². The Morgan fingerprint density at radius 1 is 1.04 bits per heavy atom. The van der Waals surface area contributed by atoms with Crippen LogP contribution in [-0.2, 0) is 9.59 Å². The summed E-state index contributed by atoms with van der Waals surface area (Å²) >= 11 is 0. The number of halogens is 3. The normalized spacial score (nSPS) is 21.5. The number of hydrogen-bond acceptors (Lipinski definition) is 3. The summed E-state index contributed by atoms with van der Waals surface area (Å²) in [6.45, 7) is 4.11. The van der Waals surface area contributed by atoms with Crippen LogP contribution in [0.2, 0.25) is 0 Å². The Bertz CT molecular complexity index is 698. The molecule has 2 aliphatic rings. The van der Waals surface area contributed by atoms with Gasteiger partial charge in [-0.2, -0.15) is 13.2 Å². The van der Waals surface area contributed by atoms with Crippen molar-refractivity contribution in [1.82, 2.24) is 4.90 Å². The highest BCUT2D eigenvalue weighted by Crippen LogP contribution is 2.26. The van der Waals surface area contributed by atoms with Crippen LogP contribution in [0.15, 0.2) is 24.3 Å². The van der Waals surface area contributed by atoms with Crippen LogP contribution in [0.3, 0.4) is 0 Å². The molecule has 1 aromatic rings. The summed E-state index contributed by atoms with van der Waals surface area (Å²) in [4.78, 5) is 26.9. The van der Waals surface area contributed by atoms with Gasteiger partial charge in [0.05, 0.1) is 5.92 Å². The van der Waals surface area contributed by atoms with Crippen molar-refractivity contribution in [2.24, 2.45) is 11.8 Å². The quantitative estimate of drug-likeness (QED) is 0.847. The Morgan fingerprint density at radius 2 is 1.68 bits per heavy atom. The molecule has 0 bridgehead atoms. The van der Waals surface area contributed by atoms with Gasteiger partial charge in [-0.15, -0.1) is 0 Å². The molecule has 2 fully saturated rings. The first kappa shape index (κ1) is 20.5. The molecule has 0 radical (unpaired) electrons. The average molecular weight is 397 g/mol. The van der Waals surface area contributed by atoms with Gasteiger partial charge in [-0.3, -0.25) is 9.59 Å². The maximum absolute atomic E-state index is 12.6. The fourth-order valence-corrected chi connectivity index (χ4v) is 3.82. The van der Waals surface area contributed by atoms with Crippen molar-refractivity contribution >= 4 is 23.2 Å². The van der Waals surface area contributed by atoms with Crippen LogP contribution in [0.4, 0.5) is 24.5 Å². The molecule has 2 aliphatic heterocycles. The second kappa shape index (κ2) is 8.41. The predicted octanol–water partition coefficient (Wildman–Crippen LogP) is 3.66. The van der Waals surface area contributed by atoms with Gasteiger partial charge in [0.15, 0.2) is 0 Å². The summed E-state index contributed by atoms with van der Waals surface area (Å²) in [6.07, 6.45) is -1.73. The third kappa shape index (κ3) is 4.97. The molecule has 0 aliphatic carbocycles. The van der Waals surface area contributed by atoms with Gasteiger partial charge in [-0.1, -0.05) is 6.92 Å². The Hall–Kier alpha value is -2.25. The van der Waals surface area contributed by atoms with E-state index in [1.165, 1.54) is 0 Å². The van der Waals surface area contributed by atoms with Crippen LogP contribution < -0.4 is 10.2 Å². The molecule has 1 N–H and O–H groups in total. The molecule has 2 amide bonds. The lowest BCUT2D eigenvalue weighted by molar-refractivity contribution is -0.187. The largest absolute Gasteiger partial charge is 0.471 e. The first-order valence-electron chi connectivity index (χ1n) is 9.76. The van der Waals surface area contributed by atoms with Gasteiger partial charge in [0.1, 0.15) is 0 Å². The van der Waals surface area contributed by atoms with E-state index in [1.807, 2.05) is 24.3 Å². The molecular weight excluding hydrogens is 371 g/mol. The van der Waals surface area contributed by atoms with Crippen LogP contribution in [0.5, 0.6) is 0 Å². The predicted molar refractivity (Wildman–Crippen MR) is 101 cm³/mol. The smallest absolute Gasteiger partial charge is 0.372 e. The first-order valence-corrected chi connectivity index (χ1v) is 9.76. The van der Waals surface area contributed by atoms with E-state index >= 15 is 0 Å². The summed E-state index contributed by atoms with van der Waals surface area (Å²) < 4.78 is 37.9. The SMILES string of the molecule is CC1CCN(c2ccc(NC(=O)C3CCCN(C(=O)C(F)(F)F)C3)cc2)CC1. The zero-order valence-electron chi connectivity index (χ0n) is 16.0. The zero-order chi connectivity index (χ0) is 20.3. The molecule has 2 saturated heterocycles. The minimum Gasteiger partial charge on any atom is -0.372 e. The number of anilines is 2. The number of piperidine rings is 2. The summed E-state index contributed by atoms with van der Waals surface area (Å²) in [5.41, 5.74) is 1.71. The number of carbonyl (C=O) groups excluding carboxylic acids is 2. The Balaban J connectivity index is 1.56. The molecule has 0 spiro atoms. The highest BCUT2D eigenvalue weighted by atomic mass is 19.4. The highest BCUT2D eigenvalue weighted by Gasteiger charge is 2.44. The molecule has 0 saturated carbocycles. The molecule has 5 nitrogen and oxygen atoms in total. The first-order chi connectivity index (χ1) is 13.2. The number of likely N-dealkylation sites (tertiary alicyclic amines) is 1. The molecule has 154 valence electrons.